The number of nitrogens with two attached hydrogens (primary N) is 2. The van der Waals surface area contributed by atoms with Crippen LogP contribution in [0.4, 0.5) is 19.2 Å². The van der Waals surface area contributed by atoms with E-state index in [0.29, 0.717) is 17.5 Å². The minimum Gasteiger partial charge on any atom is -0.444 e. The van der Waals surface area contributed by atoms with Crippen LogP contribution in [0.15, 0.2) is 101 Å². The SMILES string of the molecule is CC(C)(C)OC(=O)N[C@H](CCCN(C(=O)OCc1ccccc1)C(N)=NC(=O)OCc1ccccc1)C(=O)NCC(=O)N[C@H]1CCCN(C(N)=NC(=O)OCc2ccccc2)C1=O. The van der Waals surface area contributed by atoms with Crippen molar-refractivity contribution >= 4 is 54.0 Å². The number of alkyl carbamates (subject to hydrolysis) is 1. The van der Waals surface area contributed by atoms with Crippen LogP contribution in [0.3, 0.4) is 0 Å². The van der Waals surface area contributed by atoms with Crippen molar-refractivity contribution in [3.63, 3.8) is 0 Å². The van der Waals surface area contributed by atoms with E-state index in [9.17, 15) is 33.6 Å². The smallest absolute Gasteiger partial charge is 0.437 e. The number of rotatable bonds is 15. The Kier molecular flexibility index (Phi) is 18.4. The first-order chi connectivity index (χ1) is 30.1. The van der Waals surface area contributed by atoms with E-state index in [1.165, 1.54) is 0 Å². The average molecular weight is 872 g/mol. The molecule has 336 valence electrons. The number of nitrogens with zero attached hydrogens (tertiary/aromatic N) is 4. The molecule has 0 spiro atoms. The predicted molar refractivity (Wildman–Crippen MR) is 228 cm³/mol. The van der Waals surface area contributed by atoms with Gasteiger partial charge in [0.15, 0.2) is 0 Å². The molecule has 1 fully saturated rings. The zero-order valence-electron chi connectivity index (χ0n) is 35.3. The summed E-state index contributed by atoms with van der Waals surface area (Å²) in [4.78, 5) is 100. The number of aliphatic imine (C=N–C) groups is 2. The molecule has 2 atom stereocenters. The van der Waals surface area contributed by atoms with Crippen LogP contribution >= 0.6 is 0 Å². The second-order valence-corrected chi connectivity index (χ2v) is 15.0. The Bertz CT molecular complexity index is 2100. The van der Waals surface area contributed by atoms with Gasteiger partial charge in [0.25, 0.3) is 5.91 Å². The van der Waals surface area contributed by atoms with E-state index >= 15 is 0 Å². The van der Waals surface area contributed by atoms with E-state index in [0.717, 1.165) is 15.4 Å². The zero-order chi connectivity index (χ0) is 45.8. The fraction of sp³-hybridized carbons (Fsp3) is 0.372. The summed E-state index contributed by atoms with van der Waals surface area (Å²) in [5.74, 6) is -3.12. The van der Waals surface area contributed by atoms with Crippen molar-refractivity contribution in [1.82, 2.24) is 25.8 Å². The molecule has 1 aliphatic rings. The molecule has 0 radical (unpaired) electrons. The van der Waals surface area contributed by atoms with Crippen molar-refractivity contribution in [2.75, 3.05) is 19.6 Å². The lowest BCUT2D eigenvalue weighted by Gasteiger charge is -2.31. The topological polar surface area (TPSA) is 276 Å². The van der Waals surface area contributed by atoms with Gasteiger partial charge >= 0.3 is 24.4 Å². The van der Waals surface area contributed by atoms with E-state index in [1.807, 2.05) is 6.07 Å². The first kappa shape index (κ1) is 48.2. The molecule has 1 aliphatic heterocycles. The molecule has 0 unspecified atom stereocenters. The van der Waals surface area contributed by atoms with Crippen molar-refractivity contribution in [3.05, 3.63) is 108 Å². The number of hydrogen-bond donors (Lipinski definition) is 5. The molecule has 0 bridgehead atoms. The highest BCUT2D eigenvalue weighted by Crippen LogP contribution is 2.14. The molecule has 0 aromatic heterocycles. The number of likely N-dealkylation sites (tertiary alicyclic amines) is 1. The number of piperidine rings is 1. The van der Waals surface area contributed by atoms with Crippen LogP contribution in [-0.2, 0) is 53.2 Å². The summed E-state index contributed by atoms with van der Waals surface area (Å²) in [7, 11) is 0. The Morgan fingerprint density at radius 3 is 1.86 bits per heavy atom. The van der Waals surface area contributed by atoms with Crippen molar-refractivity contribution in [1.29, 1.82) is 0 Å². The Balaban J connectivity index is 1.37. The van der Waals surface area contributed by atoms with E-state index in [1.54, 1.807) is 106 Å². The summed E-state index contributed by atoms with van der Waals surface area (Å²) in [6.07, 6.45) is -3.48. The van der Waals surface area contributed by atoms with Crippen LogP contribution in [0, 0.1) is 0 Å². The molecule has 0 aliphatic carbocycles. The van der Waals surface area contributed by atoms with Crippen molar-refractivity contribution in [3.8, 4) is 0 Å². The number of hydrogen-bond acceptors (Lipinski definition) is 11. The average Bonchev–Trinajstić information content (AvgIpc) is 3.25. The van der Waals surface area contributed by atoms with Gasteiger partial charge in [-0.1, -0.05) is 91.0 Å². The fourth-order valence-corrected chi connectivity index (χ4v) is 5.85. The quantitative estimate of drug-likeness (QED) is 0.0826. The van der Waals surface area contributed by atoms with Crippen LogP contribution in [-0.4, -0.2) is 101 Å². The monoisotopic (exact) mass is 871 g/mol. The minimum atomic E-state index is -1.31. The van der Waals surface area contributed by atoms with Crippen LogP contribution in [0.25, 0.3) is 0 Å². The molecule has 4 rings (SSSR count). The first-order valence-corrected chi connectivity index (χ1v) is 20.0. The predicted octanol–water partition coefficient (Wildman–Crippen LogP) is 3.83. The fourth-order valence-electron chi connectivity index (χ4n) is 5.85. The Morgan fingerprint density at radius 2 is 1.32 bits per heavy atom. The Labute approximate surface area is 364 Å². The highest BCUT2D eigenvalue weighted by atomic mass is 16.6. The number of nitrogens with one attached hydrogen (secondary N) is 3. The number of carbonyl (C=O) groups is 7. The van der Waals surface area contributed by atoms with Gasteiger partial charge in [-0.05, 0) is 63.1 Å². The normalized spacial score (nSPS) is 14.7. The molecule has 3 aromatic rings. The number of guanidine groups is 2. The van der Waals surface area contributed by atoms with Crippen LogP contribution in [0.1, 0.15) is 63.1 Å². The number of benzene rings is 3. The van der Waals surface area contributed by atoms with E-state index in [4.69, 9.17) is 30.4 Å². The highest BCUT2D eigenvalue weighted by Gasteiger charge is 2.33. The van der Waals surface area contributed by atoms with Gasteiger partial charge in [-0.2, -0.15) is 0 Å². The van der Waals surface area contributed by atoms with E-state index in [2.05, 4.69) is 25.9 Å². The third-order valence-corrected chi connectivity index (χ3v) is 8.88. The van der Waals surface area contributed by atoms with Crippen molar-refractivity contribution in [2.24, 2.45) is 21.5 Å². The molecule has 1 saturated heterocycles. The van der Waals surface area contributed by atoms with Crippen LogP contribution < -0.4 is 27.4 Å². The van der Waals surface area contributed by atoms with Gasteiger partial charge < -0.3 is 46.4 Å². The molecule has 1 heterocycles. The van der Waals surface area contributed by atoms with Gasteiger partial charge in [0, 0.05) is 13.1 Å². The van der Waals surface area contributed by atoms with Gasteiger partial charge in [-0.3, -0.25) is 19.3 Å². The van der Waals surface area contributed by atoms with E-state index in [-0.39, 0.29) is 52.2 Å². The summed E-state index contributed by atoms with van der Waals surface area (Å²) in [6, 6.07) is 24.1. The summed E-state index contributed by atoms with van der Waals surface area (Å²) >= 11 is 0. The first-order valence-electron chi connectivity index (χ1n) is 20.0. The Hall–Kier alpha value is -7.51. The largest absolute Gasteiger partial charge is 0.444 e. The molecule has 20 heteroatoms. The standard InChI is InChI=1S/C43H53N9O11/c1-43(2,3)63-41(58)48-32(21-13-24-52(42(59)62-28-31-19-11-6-12-20-31)38(45)50-40(57)61-27-30-17-9-5-10-18-30)35(54)46-25-34(53)47-33-22-14-23-51(36(33)55)37(44)49-39(56)60-26-29-15-7-4-8-16-29/h4-12,15-20,32-33H,13-14,21-28H2,1-3H3,(H,46,54)(H,47,53)(H,48,58)(H2,44,49,56)(H2,45,50,57)/t32-,33+/m1/s1. The molecule has 7 amide bonds. The minimum absolute atomic E-state index is 0.0228. The molecule has 3 aromatic carbocycles. The lowest BCUT2D eigenvalue weighted by atomic mass is 10.1. The maximum absolute atomic E-state index is 13.5. The number of carbonyl (C=O) groups excluding carboxylic acids is 7. The van der Waals surface area contributed by atoms with Crippen LogP contribution in [0.2, 0.25) is 0 Å². The van der Waals surface area contributed by atoms with Gasteiger partial charge in [-0.15, -0.1) is 9.98 Å². The highest BCUT2D eigenvalue weighted by molar-refractivity contribution is 6.03. The maximum atomic E-state index is 13.5. The molecule has 63 heavy (non-hydrogen) atoms. The summed E-state index contributed by atoms with van der Waals surface area (Å²) in [5.41, 5.74) is 13.3. The van der Waals surface area contributed by atoms with Crippen molar-refractivity contribution in [2.45, 2.75) is 84.0 Å². The third-order valence-electron chi connectivity index (χ3n) is 8.88. The summed E-state index contributed by atoms with van der Waals surface area (Å²) in [5, 5.41) is 7.48. The lowest BCUT2D eigenvalue weighted by Crippen LogP contribution is -2.57. The van der Waals surface area contributed by atoms with Gasteiger partial charge in [0.2, 0.25) is 23.7 Å². The molecular weight excluding hydrogens is 819 g/mol. The van der Waals surface area contributed by atoms with Crippen molar-refractivity contribution < 1.29 is 52.5 Å². The van der Waals surface area contributed by atoms with Gasteiger partial charge in [0.05, 0.1) is 6.54 Å². The van der Waals surface area contributed by atoms with Crippen LogP contribution in [0.5, 0.6) is 0 Å². The van der Waals surface area contributed by atoms with Gasteiger partial charge in [0.1, 0.15) is 37.5 Å². The Morgan fingerprint density at radius 1 is 0.794 bits per heavy atom. The zero-order valence-corrected chi connectivity index (χ0v) is 35.3. The second-order valence-electron chi connectivity index (χ2n) is 15.0. The number of ether oxygens (including phenoxy) is 4. The van der Waals surface area contributed by atoms with E-state index < -0.39 is 78.2 Å². The molecule has 0 saturated carbocycles. The lowest BCUT2D eigenvalue weighted by molar-refractivity contribution is -0.135. The van der Waals surface area contributed by atoms with Gasteiger partial charge in [-0.25, -0.2) is 24.1 Å². The molecular formula is C43H53N9O11. The molecule has 7 N–H and O–H groups in total. The number of amides is 7. The summed E-state index contributed by atoms with van der Waals surface area (Å²) < 4.78 is 21.1. The second kappa shape index (κ2) is 24.1. The maximum Gasteiger partial charge on any atom is 0.437 e. The third kappa shape index (κ3) is 17.2. The summed E-state index contributed by atoms with van der Waals surface area (Å²) in [6.45, 7) is 3.88. The molecule has 20 nitrogen and oxygen atoms in total.